The van der Waals surface area contributed by atoms with Gasteiger partial charge in [-0.25, -0.2) is 0 Å². The van der Waals surface area contributed by atoms with E-state index in [0.29, 0.717) is 31.6 Å². The maximum absolute atomic E-state index is 13.5. The Morgan fingerprint density at radius 3 is 3.11 bits per heavy atom. The van der Waals surface area contributed by atoms with Crippen LogP contribution in [0.25, 0.3) is 0 Å². The van der Waals surface area contributed by atoms with Crippen LogP contribution in [0.2, 0.25) is 0 Å². The van der Waals surface area contributed by atoms with E-state index in [0.717, 1.165) is 31.6 Å². The molecule has 6 aliphatic rings. The van der Waals surface area contributed by atoms with Gasteiger partial charge in [-0.1, -0.05) is 29.8 Å². The van der Waals surface area contributed by atoms with Gasteiger partial charge in [0.05, 0.1) is 25.2 Å². The number of para-hydroxylation sites is 1. The van der Waals surface area contributed by atoms with Crippen LogP contribution in [0.1, 0.15) is 31.7 Å². The number of nitrogens with zero attached hydrogens (tertiary/aromatic N) is 2. The summed E-state index contributed by atoms with van der Waals surface area (Å²) in [6, 6.07) is 9.19. The molecular formula is C23H26N2O3. The van der Waals surface area contributed by atoms with Crippen LogP contribution in [-0.4, -0.2) is 60.9 Å². The highest BCUT2D eigenvalue weighted by atomic mass is 16.6. The van der Waals surface area contributed by atoms with Gasteiger partial charge in [-0.15, -0.1) is 0 Å². The van der Waals surface area contributed by atoms with Gasteiger partial charge in [0.2, 0.25) is 5.91 Å². The molecule has 0 N–H and O–H groups in total. The van der Waals surface area contributed by atoms with Crippen LogP contribution in [0.15, 0.2) is 35.9 Å². The first-order chi connectivity index (χ1) is 13.7. The summed E-state index contributed by atoms with van der Waals surface area (Å²) >= 11 is 0. The first kappa shape index (κ1) is 16.1. The number of fused-ring (bicyclic) bond motifs is 2. The van der Waals surface area contributed by atoms with Crippen LogP contribution in [0.5, 0.6) is 0 Å². The molecule has 2 bridgehead atoms. The lowest BCUT2D eigenvalue weighted by molar-refractivity contribution is -0.215. The predicted octanol–water partition coefficient (Wildman–Crippen LogP) is 2.25. The molecule has 1 saturated carbocycles. The molecular weight excluding hydrogens is 352 g/mol. The molecule has 5 heterocycles. The van der Waals surface area contributed by atoms with E-state index in [2.05, 4.69) is 47.1 Å². The second kappa shape index (κ2) is 5.07. The molecule has 0 radical (unpaired) electrons. The Morgan fingerprint density at radius 2 is 2.21 bits per heavy atom. The van der Waals surface area contributed by atoms with Gasteiger partial charge >= 0.3 is 0 Å². The molecule has 6 atom stereocenters. The third-order valence-electron chi connectivity index (χ3n) is 8.69. The lowest BCUT2D eigenvalue weighted by atomic mass is 9.51. The Bertz CT molecular complexity index is 928. The molecule has 28 heavy (non-hydrogen) atoms. The van der Waals surface area contributed by atoms with Crippen molar-refractivity contribution in [2.24, 2.45) is 5.92 Å². The summed E-state index contributed by atoms with van der Waals surface area (Å²) < 4.78 is 13.2. The number of ether oxygens (including phenoxy) is 2. The Labute approximate surface area is 165 Å². The number of anilines is 1. The number of benzene rings is 1. The summed E-state index contributed by atoms with van der Waals surface area (Å²) in [5.41, 5.74) is 3.51. The summed E-state index contributed by atoms with van der Waals surface area (Å²) in [4.78, 5) is 18.3. The number of rotatable bonds is 2. The average Bonchev–Trinajstić information content (AvgIpc) is 3.19. The van der Waals surface area contributed by atoms with Crippen molar-refractivity contribution in [2.75, 3.05) is 31.2 Å². The Hall–Kier alpha value is -1.69. The molecule has 4 fully saturated rings. The van der Waals surface area contributed by atoms with Crippen molar-refractivity contribution in [1.82, 2.24) is 4.90 Å². The summed E-state index contributed by atoms with van der Waals surface area (Å²) in [5.74, 6) is 0.555. The Balaban J connectivity index is 1.58. The maximum Gasteiger partial charge on any atom is 0.230 e. The van der Waals surface area contributed by atoms with Gasteiger partial charge in [-0.05, 0) is 37.9 Å². The molecule has 1 spiro atoms. The van der Waals surface area contributed by atoms with E-state index < -0.39 is 5.60 Å². The van der Waals surface area contributed by atoms with Gasteiger partial charge in [0.1, 0.15) is 5.60 Å². The van der Waals surface area contributed by atoms with Crippen molar-refractivity contribution in [3.63, 3.8) is 0 Å². The topological polar surface area (TPSA) is 42.0 Å². The fourth-order valence-electron chi connectivity index (χ4n) is 8.03. The summed E-state index contributed by atoms with van der Waals surface area (Å²) in [6.45, 7) is 5.49. The van der Waals surface area contributed by atoms with E-state index in [9.17, 15) is 4.79 Å². The van der Waals surface area contributed by atoms with Crippen molar-refractivity contribution in [3.05, 3.63) is 41.5 Å². The lowest BCUT2D eigenvalue weighted by Gasteiger charge is -2.64. The molecule has 1 aromatic carbocycles. The predicted molar refractivity (Wildman–Crippen MR) is 104 cm³/mol. The van der Waals surface area contributed by atoms with Crippen molar-refractivity contribution in [2.45, 2.75) is 55.4 Å². The number of amides is 1. The zero-order valence-corrected chi connectivity index (χ0v) is 16.3. The van der Waals surface area contributed by atoms with E-state index in [-0.39, 0.29) is 23.5 Å². The molecule has 146 valence electrons. The minimum Gasteiger partial charge on any atom is -0.371 e. The van der Waals surface area contributed by atoms with Gasteiger partial charge in [0, 0.05) is 36.2 Å². The fourth-order valence-corrected chi connectivity index (χ4v) is 8.03. The maximum atomic E-state index is 13.5. The third kappa shape index (κ3) is 1.52. The number of carbonyl (C=O) groups excluding carboxylic acids is 1. The van der Waals surface area contributed by atoms with Crippen LogP contribution >= 0.6 is 0 Å². The Kier molecular flexibility index (Phi) is 2.92. The number of piperidine rings is 2. The largest absolute Gasteiger partial charge is 0.371 e. The normalized spacial score (nSPS) is 45.0. The minimum absolute atomic E-state index is 0.0319. The van der Waals surface area contributed by atoms with Crippen molar-refractivity contribution >= 4 is 11.6 Å². The smallest absolute Gasteiger partial charge is 0.230 e. The van der Waals surface area contributed by atoms with E-state index in [4.69, 9.17) is 9.47 Å². The van der Waals surface area contributed by atoms with Crippen LogP contribution in [-0.2, 0) is 19.7 Å². The molecule has 1 amide bonds. The van der Waals surface area contributed by atoms with Gasteiger partial charge in [0.25, 0.3) is 0 Å². The van der Waals surface area contributed by atoms with E-state index in [1.165, 1.54) is 11.1 Å². The number of carbonyl (C=O) groups is 1. The SMILES string of the molecule is CCOC12C3CC(=O)N4c5ccccc5C5(CCN6CC(=CCO3)C1CC65)C42. The first-order valence-electron chi connectivity index (χ1n) is 10.8. The zero-order valence-electron chi connectivity index (χ0n) is 16.3. The molecule has 0 aromatic heterocycles. The monoisotopic (exact) mass is 378 g/mol. The van der Waals surface area contributed by atoms with Crippen LogP contribution in [0.4, 0.5) is 5.69 Å². The standard InChI is InChI=1S/C23H26N2O3/c1-2-28-23-16-11-18-22-8-9-24(18)13-14(16)7-10-27-19(23)12-20(26)25(21(22)23)17-6-4-3-5-15(17)22/h3-7,16,18-19,21H,2,8-13H2,1H3. The highest BCUT2D eigenvalue weighted by Crippen LogP contribution is 2.67. The highest BCUT2D eigenvalue weighted by molar-refractivity contribution is 6.00. The molecule has 1 aliphatic carbocycles. The third-order valence-corrected chi connectivity index (χ3v) is 8.69. The van der Waals surface area contributed by atoms with Gasteiger partial charge in [0.15, 0.2) is 0 Å². The Morgan fingerprint density at radius 1 is 1.32 bits per heavy atom. The minimum atomic E-state index is -0.434. The number of hydrogen-bond donors (Lipinski definition) is 0. The second-order valence-electron chi connectivity index (χ2n) is 9.34. The second-order valence-corrected chi connectivity index (χ2v) is 9.34. The molecule has 3 saturated heterocycles. The molecule has 1 aromatic rings. The quantitative estimate of drug-likeness (QED) is 0.741. The number of hydrogen-bond acceptors (Lipinski definition) is 4. The first-order valence-corrected chi connectivity index (χ1v) is 10.8. The summed E-state index contributed by atoms with van der Waals surface area (Å²) in [7, 11) is 0. The van der Waals surface area contributed by atoms with E-state index >= 15 is 0 Å². The zero-order chi connectivity index (χ0) is 18.7. The fraction of sp³-hybridized carbons (Fsp3) is 0.609. The van der Waals surface area contributed by atoms with Crippen molar-refractivity contribution in [1.29, 1.82) is 0 Å². The molecule has 6 unspecified atom stereocenters. The van der Waals surface area contributed by atoms with E-state index in [1.807, 2.05) is 0 Å². The van der Waals surface area contributed by atoms with E-state index in [1.54, 1.807) is 0 Å². The lowest BCUT2D eigenvalue weighted by Crippen LogP contribution is -2.79. The summed E-state index contributed by atoms with van der Waals surface area (Å²) in [5, 5.41) is 0. The molecule has 5 aliphatic heterocycles. The molecule has 5 heteroatoms. The average molecular weight is 378 g/mol. The van der Waals surface area contributed by atoms with Gasteiger partial charge in [-0.3, -0.25) is 9.69 Å². The van der Waals surface area contributed by atoms with Gasteiger partial charge in [-0.2, -0.15) is 0 Å². The molecule has 7 rings (SSSR count). The molecule has 5 nitrogen and oxygen atoms in total. The van der Waals surface area contributed by atoms with Crippen LogP contribution in [0.3, 0.4) is 0 Å². The van der Waals surface area contributed by atoms with Crippen LogP contribution in [0, 0.1) is 5.92 Å². The summed E-state index contributed by atoms with van der Waals surface area (Å²) in [6.07, 6.45) is 4.79. The van der Waals surface area contributed by atoms with Crippen LogP contribution < -0.4 is 4.90 Å². The van der Waals surface area contributed by atoms with Crippen molar-refractivity contribution < 1.29 is 14.3 Å². The van der Waals surface area contributed by atoms with Crippen molar-refractivity contribution in [3.8, 4) is 0 Å². The highest BCUT2D eigenvalue weighted by Gasteiger charge is 2.77. The van der Waals surface area contributed by atoms with Gasteiger partial charge < -0.3 is 14.4 Å².